The molecule has 2 amide bonds. The van der Waals surface area contributed by atoms with Gasteiger partial charge in [-0.2, -0.15) is 0 Å². The molecule has 1 rings (SSSR count). The van der Waals surface area contributed by atoms with Crippen LogP contribution in [0, 0.1) is 10.8 Å². The van der Waals surface area contributed by atoms with Crippen LogP contribution in [0.3, 0.4) is 0 Å². The Hall–Kier alpha value is -1.64. The number of hydrogen-bond donors (Lipinski definition) is 1. The topological polar surface area (TPSA) is 46.2 Å². The van der Waals surface area contributed by atoms with E-state index in [2.05, 4.69) is 26.1 Å². The quantitative estimate of drug-likeness (QED) is 0.917. The van der Waals surface area contributed by atoms with E-state index in [0.717, 1.165) is 5.56 Å². The third-order valence-corrected chi connectivity index (χ3v) is 3.57. The van der Waals surface area contributed by atoms with Crippen LogP contribution in [-0.2, 0) is 9.59 Å². The molecule has 3 nitrogen and oxygen atoms in total. The first kappa shape index (κ1) is 17.4. The van der Waals surface area contributed by atoms with Crippen molar-refractivity contribution >= 4 is 11.8 Å². The van der Waals surface area contributed by atoms with Crippen molar-refractivity contribution in [2.24, 2.45) is 10.8 Å². The minimum Gasteiger partial charge on any atom is -0.296 e. The first-order chi connectivity index (χ1) is 9.51. The van der Waals surface area contributed by atoms with E-state index in [1.165, 1.54) is 0 Å². The van der Waals surface area contributed by atoms with Crippen LogP contribution >= 0.6 is 0 Å². The van der Waals surface area contributed by atoms with Crippen LogP contribution in [0.15, 0.2) is 30.3 Å². The minimum absolute atomic E-state index is 0.0521. The van der Waals surface area contributed by atoms with Gasteiger partial charge in [-0.3, -0.25) is 14.9 Å². The Labute approximate surface area is 128 Å². The van der Waals surface area contributed by atoms with Gasteiger partial charge in [-0.15, -0.1) is 0 Å². The Morgan fingerprint density at radius 1 is 1.00 bits per heavy atom. The number of benzene rings is 1. The van der Waals surface area contributed by atoms with Gasteiger partial charge in [0.2, 0.25) is 11.8 Å². The second-order valence-electron chi connectivity index (χ2n) is 7.66. The average molecular weight is 289 g/mol. The summed E-state index contributed by atoms with van der Waals surface area (Å²) >= 11 is 0. The van der Waals surface area contributed by atoms with E-state index in [4.69, 9.17) is 0 Å². The summed E-state index contributed by atoms with van der Waals surface area (Å²) in [4.78, 5) is 24.1. The molecule has 0 aromatic heterocycles. The van der Waals surface area contributed by atoms with Crippen molar-refractivity contribution in [3.63, 3.8) is 0 Å². The van der Waals surface area contributed by atoms with Crippen LogP contribution in [0.25, 0.3) is 0 Å². The summed E-state index contributed by atoms with van der Waals surface area (Å²) in [5.41, 5.74) is 0.520. The molecule has 1 aromatic rings. The highest BCUT2D eigenvalue weighted by Gasteiger charge is 2.30. The van der Waals surface area contributed by atoms with E-state index < -0.39 is 5.41 Å². The zero-order valence-corrected chi connectivity index (χ0v) is 14.0. The van der Waals surface area contributed by atoms with Gasteiger partial charge in [0.15, 0.2) is 0 Å². The van der Waals surface area contributed by atoms with Crippen molar-refractivity contribution in [2.45, 2.75) is 53.9 Å². The lowest BCUT2D eigenvalue weighted by molar-refractivity contribution is -0.135. The van der Waals surface area contributed by atoms with Crippen molar-refractivity contribution < 1.29 is 9.59 Å². The molecule has 0 radical (unpaired) electrons. The molecule has 0 aliphatic heterocycles. The molecule has 0 heterocycles. The van der Waals surface area contributed by atoms with E-state index in [0.29, 0.717) is 6.42 Å². The smallest absolute Gasteiger partial charge is 0.231 e. The highest BCUT2D eigenvalue weighted by atomic mass is 16.2. The highest BCUT2D eigenvalue weighted by molar-refractivity contribution is 5.97. The lowest BCUT2D eigenvalue weighted by Gasteiger charge is -2.31. The fourth-order valence-electron chi connectivity index (χ4n) is 2.16. The predicted octanol–water partition coefficient (Wildman–Crippen LogP) is 3.90. The second-order valence-corrected chi connectivity index (χ2v) is 7.66. The van der Waals surface area contributed by atoms with Crippen LogP contribution in [-0.4, -0.2) is 11.8 Å². The van der Waals surface area contributed by atoms with E-state index >= 15 is 0 Å². The number of carbonyl (C=O) groups is 2. The van der Waals surface area contributed by atoms with Crippen molar-refractivity contribution in [2.75, 3.05) is 0 Å². The van der Waals surface area contributed by atoms with E-state index in [1.54, 1.807) is 20.8 Å². The molecule has 116 valence electrons. The van der Waals surface area contributed by atoms with Gasteiger partial charge < -0.3 is 0 Å². The summed E-state index contributed by atoms with van der Waals surface area (Å²) in [6.07, 6.45) is 0.315. The highest BCUT2D eigenvalue weighted by Crippen LogP contribution is 2.37. The number of rotatable bonds is 3. The van der Waals surface area contributed by atoms with Crippen molar-refractivity contribution in [3.05, 3.63) is 35.9 Å². The maximum atomic E-state index is 12.2. The summed E-state index contributed by atoms with van der Waals surface area (Å²) in [7, 11) is 0. The Balaban J connectivity index is 2.85. The van der Waals surface area contributed by atoms with Crippen LogP contribution in [0.1, 0.15) is 59.4 Å². The molecule has 0 fully saturated rings. The largest absolute Gasteiger partial charge is 0.296 e. The summed E-state index contributed by atoms with van der Waals surface area (Å²) < 4.78 is 0. The van der Waals surface area contributed by atoms with Gasteiger partial charge in [-0.1, -0.05) is 71.9 Å². The summed E-state index contributed by atoms with van der Waals surface area (Å²) in [6, 6.07) is 9.99. The number of carbonyl (C=O) groups excluding carboxylic acids is 2. The number of hydrogen-bond acceptors (Lipinski definition) is 2. The molecule has 1 atom stereocenters. The first-order valence-corrected chi connectivity index (χ1v) is 7.41. The van der Waals surface area contributed by atoms with Crippen molar-refractivity contribution in [3.8, 4) is 0 Å². The van der Waals surface area contributed by atoms with Gasteiger partial charge in [-0.05, 0) is 16.9 Å². The summed E-state index contributed by atoms with van der Waals surface area (Å²) in [6.45, 7) is 11.7. The molecule has 21 heavy (non-hydrogen) atoms. The van der Waals surface area contributed by atoms with E-state index in [-0.39, 0.29) is 23.1 Å². The SMILES string of the molecule is CC(C)(C)C(=O)NC(=O)CC(c1ccccc1)C(C)(C)C. The van der Waals surface area contributed by atoms with Crippen LogP contribution in [0.2, 0.25) is 0 Å². The van der Waals surface area contributed by atoms with Gasteiger partial charge >= 0.3 is 0 Å². The van der Waals surface area contributed by atoms with E-state index in [9.17, 15) is 9.59 Å². The minimum atomic E-state index is -0.556. The molecule has 1 N–H and O–H groups in total. The van der Waals surface area contributed by atoms with Gasteiger partial charge in [0, 0.05) is 11.8 Å². The first-order valence-electron chi connectivity index (χ1n) is 7.41. The zero-order chi connectivity index (χ0) is 16.3. The van der Waals surface area contributed by atoms with Crippen molar-refractivity contribution in [1.82, 2.24) is 5.32 Å². The Morgan fingerprint density at radius 3 is 1.95 bits per heavy atom. The molecule has 1 aromatic carbocycles. The molecule has 0 aliphatic rings. The van der Waals surface area contributed by atoms with Crippen LogP contribution in [0.5, 0.6) is 0 Å². The molecule has 1 unspecified atom stereocenters. The van der Waals surface area contributed by atoms with Gasteiger partial charge in [0.25, 0.3) is 0 Å². The second kappa shape index (κ2) is 6.42. The zero-order valence-electron chi connectivity index (χ0n) is 14.0. The Kier molecular flexibility index (Phi) is 5.32. The summed E-state index contributed by atoms with van der Waals surface area (Å²) in [5.74, 6) is -0.363. The fraction of sp³-hybridized carbons (Fsp3) is 0.556. The standard InChI is InChI=1S/C18H27NO2/c1-17(2,3)14(13-10-8-7-9-11-13)12-15(20)19-16(21)18(4,5)6/h7-11,14H,12H2,1-6H3,(H,19,20,21). The Bertz CT molecular complexity index is 492. The van der Waals surface area contributed by atoms with Gasteiger partial charge in [0.05, 0.1) is 0 Å². The molecule has 0 bridgehead atoms. The fourth-order valence-corrected chi connectivity index (χ4v) is 2.16. The maximum Gasteiger partial charge on any atom is 0.231 e. The van der Waals surface area contributed by atoms with Gasteiger partial charge in [0.1, 0.15) is 0 Å². The lowest BCUT2D eigenvalue weighted by Crippen LogP contribution is -2.40. The number of nitrogens with one attached hydrogen (secondary N) is 1. The van der Waals surface area contributed by atoms with Crippen LogP contribution < -0.4 is 5.32 Å². The predicted molar refractivity (Wildman–Crippen MR) is 85.9 cm³/mol. The third kappa shape index (κ3) is 5.33. The summed E-state index contributed by atoms with van der Waals surface area (Å²) in [5, 5.41) is 2.51. The lowest BCUT2D eigenvalue weighted by atomic mass is 9.74. The monoisotopic (exact) mass is 289 g/mol. The third-order valence-electron chi connectivity index (χ3n) is 3.57. The average Bonchev–Trinajstić information content (AvgIpc) is 2.34. The molecular weight excluding hydrogens is 262 g/mol. The maximum absolute atomic E-state index is 12.2. The van der Waals surface area contributed by atoms with Crippen LogP contribution in [0.4, 0.5) is 0 Å². The molecule has 0 spiro atoms. The molecule has 0 saturated carbocycles. The number of amides is 2. The van der Waals surface area contributed by atoms with Gasteiger partial charge in [-0.25, -0.2) is 0 Å². The molecule has 0 saturated heterocycles. The normalized spacial score (nSPS) is 13.6. The Morgan fingerprint density at radius 2 is 1.52 bits per heavy atom. The van der Waals surface area contributed by atoms with E-state index in [1.807, 2.05) is 30.3 Å². The number of imide groups is 1. The molecule has 0 aliphatic carbocycles. The van der Waals surface area contributed by atoms with Crippen molar-refractivity contribution in [1.29, 1.82) is 0 Å². The molecule has 3 heteroatoms. The molecular formula is C18H27NO2.